The molecule has 16 heavy (non-hydrogen) atoms. The van der Waals surface area contributed by atoms with Crippen LogP contribution in [0.5, 0.6) is 0 Å². The smallest absolute Gasteiger partial charge is 0.122 e. The van der Waals surface area contributed by atoms with E-state index in [1.807, 2.05) is 6.07 Å². The van der Waals surface area contributed by atoms with Crippen LogP contribution >= 0.6 is 11.8 Å². The first kappa shape index (κ1) is 11.4. The maximum Gasteiger partial charge on any atom is 0.122 e. The third kappa shape index (κ3) is 2.96. The van der Waals surface area contributed by atoms with Crippen molar-refractivity contribution in [3.63, 3.8) is 0 Å². The van der Waals surface area contributed by atoms with Crippen molar-refractivity contribution in [1.82, 2.24) is 4.98 Å². The Morgan fingerprint density at radius 2 is 2.25 bits per heavy atom. The summed E-state index contributed by atoms with van der Waals surface area (Å²) in [6.07, 6.45) is 3.84. The molecule has 1 aromatic heterocycles. The summed E-state index contributed by atoms with van der Waals surface area (Å²) in [4.78, 5) is 4.29. The predicted octanol–water partition coefficient (Wildman–Crippen LogP) is 1.64. The number of rotatable bonds is 3. The molecule has 0 radical (unpaired) electrons. The molecule has 0 amide bonds. The molecule has 1 fully saturated rings. The topological polar surface area (TPSA) is 72.0 Å². The van der Waals surface area contributed by atoms with Gasteiger partial charge in [0.15, 0.2) is 0 Å². The molecule has 1 aliphatic rings. The number of ether oxygens (including phenoxy) is 1. The summed E-state index contributed by atoms with van der Waals surface area (Å²) >= 11 is 1.75. The van der Waals surface area contributed by atoms with Crippen molar-refractivity contribution >= 4 is 17.6 Å². The second kappa shape index (κ2) is 5.32. The lowest BCUT2D eigenvalue weighted by atomic mass is 10.2. The highest BCUT2D eigenvalue weighted by molar-refractivity contribution is 7.99. The van der Waals surface area contributed by atoms with Gasteiger partial charge in [-0.3, -0.25) is 5.41 Å². The maximum atomic E-state index is 7.37. The van der Waals surface area contributed by atoms with Crippen LogP contribution in [0.25, 0.3) is 0 Å². The first-order chi connectivity index (χ1) is 7.75. The Kier molecular flexibility index (Phi) is 3.79. The SMILES string of the molecule is N=C(N)c1ccnc(SC2CCOCC2)c1. The van der Waals surface area contributed by atoms with Crippen molar-refractivity contribution in [2.75, 3.05) is 13.2 Å². The van der Waals surface area contributed by atoms with Gasteiger partial charge in [0.1, 0.15) is 5.84 Å². The molecule has 5 heteroatoms. The van der Waals surface area contributed by atoms with Crippen molar-refractivity contribution < 1.29 is 4.74 Å². The van der Waals surface area contributed by atoms with Crippen LogP contribution in [0.2, 0.25) is 0 Å². The number of nitrogen functional groups attached to an aromatic ring is 1. The predicted molar refractivity (Wildman–Crippen MR) is 65.0 cm³/mol. The molecule has 2 rings (SSSR count). The van der Waals surface area contributed by atoms with Crippen LogP contribution in [-0.4, -0.2) is 29.3 Å². The number of nitrogens with zero attached hydrogens (tertiary/aromatic N) is 1. The van der Waals surface area contributed by atoms with Crippen molar-refractivity contribution in [3.8, 4) is 0 Å². The zero-order valence-electron chi connectivity index (χ0n) is 8.98. The minimum atomic E-state index is 0.0937. The van der Waals surface area contributed by atoms with Gasteiger partial charge in [-0.2, -0.15) is 0 Å². The summed E-state index contributed by atoms with van der Waals surface area (Å²) in [6.45, 7) is 1.67. The molecular formula is C11H15N3OS. The van der Waals surface area contributed by atoms with Gasteiger partial charge < -0.3 is 10.5 Å². The average Bonchev–Trinajstić information content (AvgIpc) is 2.30. The molecule has 3 N–H and O–H groups in total. The number of thioether (sulfide) groups is 1. The van der Waals surface area contributed by atoms with E-state index >= 15 is 0 Å². The number of aromatic nitrogens is 1. The van der Waals surface area contributed by atoms with E-state index in [-0.39, 0.29) is 5.84 Å². The molecule has 1 saturated heterocycles. The van der Waals surface area contributed by atoms with E-state index in [0.717, 1.165) is 36.6 Å². The summed E-state index contributed by atoms with van der Waals surface area (Å²) in [6, 6.07) is 3.64. The molecule has 1 aliphatic heterocycles. The molecule has 0 aliphatic carbocycles. The Labute approximate surface area is 99.1 Å². The van der Waals surface area contributed by atoms with Crippen molar-refractivity contribution in [2.45, 2.75) is 23.1 Å². The van der Waals surface area contributed by atoms with Gasteiger partial charge in [-0.1, -0.05) is 0 Å². The Morgan fingerprint density at radius 1 is 1.50 bits per heavy atom. The second-order valence-electron chi connectivity index (χ2n) is 3.73. The number of amidine groups is 1. The Morgan fingerprint density at radius 3 is 2.94 bits per heavy atom. The van der Waals surface area contributed by atoms with E-state index in [0.29, 0.717) is 5.25 Å². The van der Waals surface area contributed by atoms with Gasteiger partial charge in [-0.25, -0.2) is 4.98 Å². The molecule has 0 aromatic carbocycles. The van der Waals surface area contributed by atoms with Crippen LogP contribution in [0, 0.1) is 5.41 Å². The lowest BCUT2D eigenvalue weighted by molar-refractivity contribution is 0.1000. The Balaban J connectivity index is 2.02. The maximum absolute atomic E-state index is 7.37. The summed E-state index contributed by atoms with van der Waals surface area (Å²) in [7, 11) is 0. The van der Waals surface area contributed by atoms with Gasteiger partial charge in [-0.05, 0) is 25.0 Å². The van der Waals surface area contributed by atoms with E-state index in [4.69, 9.17) is 15.9 Å². The van der Waals surface area contributed by atoms with Crippen LogP contribution in [0.1, 0.15) is 18.4 Å². The highest BCUT2D eigenvalue weighted by atomic mass is 32.2. The molecule has 86 valence electrons. The molecule has 2 heterocycles. The number of nitrogens with one attached hydrogen (secondary N) is 1. The highest BCUT2D eigenvalue weighted by Crippen LogP contribution is 2.28. The van der Waals surface area contributed by atoms with Gasteiger partial charge >= 0.3 is 0 Å². The second-order valence-corrected chi connectivity index (χ2v) is 5.05. The van der Waals surface area contributed by atoms with Crippen LogP contribution in [-0.2, 0) is 4.74 Å². The van der Waals surface area contributed by atoms with Crippen molar-refractivity contribution in [3.05, 3.63) is 23.9 Å². The summed E-state index contributed by atoms with van der Waals surface area (Å²) in [5, 5.41) is 8.89. The van der Waals surface area contributed by atoms with Gasteiger partial charge in [0, 0.05) is 30.2 Å². The number of nitrogens with two attached hydrogens (primary N) is 1. The quantitative estimate of drug-likeness (QED) is 0.619. The first-order valence-corrected chi connectivity index (χ1v) is 6.18. The molecule has 0 bridgehead atoms. The van der Waals surface area contributed by atoms with Crippen molar-refractivity contribution in [1.29, 1.82) is 5.41 Å². The molecule has 1 aromatic rings. The minimum absolute atomic E-state index is 0.0937. The molecule has 0 unspecified atom stereocenters. The number of pyridine rings is 1. The lowest BCUT2D eigenvalue weighted by Crippen LogP contribution is -2.17. The third-order valence-corrected chi connectivity index (χ3v) is 3.77. The molecular weight excluding hydrogens is 222 g/mol. The first-order valence-electron chi connectivity index (χ1n) is 5.30. The van der Waals surface area contributed by atoms with E-state index in [9.17, 15) is 0 Å². The fraction of sp³-hybridized carbons (Fsp3) is 0.455. The van der Waals surface area contributed by atoms with Gasteiger partial charge in [-0.15, -0.1) is 11.8 Å². The summed E-state index contributed by atoms with van der Waals surface area (Å²) < 4.78 is 5.31. The molecule has 0 spiro atoms. The minimum Gasteiger partial charge on any atom is -0.384 e. The monoisotopic (exact) mass is 237 g/mol. The van der Waals surface area contributed by atoms with Crippen molar-refractivity contribution in [2.24, 2.45) is 5.73 Å². The summed E-state index contributed by atoms with van der Waals surface area (Å²) in [5.74, 6) is 0.0937. The Hall–Kier alpha value is -1.07. The normalized spacial score (nSPS) is 17.2. The van der Waals surface area contributed by atoms with E-state index in [1.165, 1.54) is 0 Å². The number of hydrogen-bond acceptors (Lipinski definition) is 4. The van der Waals surface area contributed by atoms with Crippen LogP contribution in [0.3, 0.4) is 0 Å². The fourth-order valence-corrected chi connectivity index (χ4v) is 2.69. The third-order valence-electron chi connectivity index (χ3n) is 2.50. The molecule has 4 nitrogen and oxygen atoms in total. The largest absolute Gasteiger partial charge is 0.384 e. The van der Waals surface area contributed by atoms with E-state index in [2.05, 4.69) is 4.98 Å². The average molecular weight is 237 g/mol. The van der Waals surface area contributed by atoms with E-state index < -0.39 is 0 Å². The Bertz CT molecular complexity index is 377. The molecule has 0 atom stereocenters. The zero-order chi connectivity index (χ0) is 11.4. The van der Waals surface area contributed by atoms with Crippen LogP contribution in [0.4, 0.5) is 0 Å². The van der Waals surface area contributed by atoms with E-state index in [1.54, 1.807) is 24.0 Å². The van der Waals surface area contributed by atoms with Crippen LogP contribution in [0.15, 0.2) is 23.4 Å². The lowest BCUT2D eigenvalue weighted by Gasteiger charge is -2.20. The zero-order valence-corrected chi connectivity index (χ0v) is 9.80. The summed E-state index contributed by atoms with van der Waals surface area (Å²) in [5.41, 5.74) is 6.18. The van der Waals surface area contributed by atoms with Crippen LogP contribution < -0.4 is 5.73 Å². The fourth-order valence-electron chi connectivity index (χ4n) is 1.61. The van der Waals surface area contributed by atoms with Gasteiger partial charge in [0.25, 0.3) is 0 Å². The highest BCUT2D eigenvalue weighted by Gasteiger charge is 2.15. The van der Waals surface area contributed by atoms with Gasteiger partial charge in [0.05, 0.1) is 5.03 Å². The van der Waals surface area contributed by atoms with Gasteiger partial charge in [0.2, 0.25) is 0 Å². The standard InChI is InChI=1S/C11H15N3OS/c12-11(13)8-1-4-14-10(7-8)16-9-2-5-15-6-3-9/h1,4,7,9H,2-3,5-6H2,(H3,12,13). The number of hydrogen-bond donors (Lipinski definition) is 2. The molecule has 0 saturated carbocycles.